The predicted octanol–water partition coefficient (Wildman–Crippen LogP) is 2.21. The molecule has 1 rings (SSSR count). The van der Waals surface area contributed by atoms with Gasteiger partial charge in [-0.3, -0.25) is 0 Å². The van der Waals surface area contributed by atoms with Crippen LogP contribution in [0.15, 0.2) is 24.3 Å². The molecule has 0 amide bonds. The third-order valence-electron chi connectivity index (χ3n) is 3.38. The molecule has 1 aromatic carbocycles. The number of benzene rings is 1. The fraction of sp³-hybridized carbons (Fsp3) is 0.600. The Kier molecular flexibility index (Phi) is 6.67. The van der Waals surface area contributed by atoms with Crippen LogP contribution in [0.2, 0.25) is 0 Å². The molecule has 19 heavy (non-hydrogen) atoms. The molecule has 4 heteroatoms. The van der Waals surface area contributed by atoms with Crippen molar-refractivity contribution in [3.8, 4) is 11.5 Å². The monoisotopic (exact) mass is 267 g/mol. The van der Waals surface area contributed by atoms with Gasteiger partial charge >= 0.3 is 0 Å². The number of nitrogens with one attached hydrogen (secondary N) is 1. The molecule has 0 saturated heterocycles. The summed E-state index contributed by atoms with van der Waals surface area (Å²) in [6.45, 7) is 5.90. The van der Waals surface area contributed by atoms with Gasteiger partial charge in [0.15, 0.2) is 0 Å². The van der Waals surface area contributed by atoms with Gasteiger partial charge in [0.05, 0.1) is 12.7 Å². The number of ether oxygens (including phenoxy) is 2. The lowest BCUT2D eigenvalue weighted by Crippen LogP contribution is -2.40. The van der Waals surface area contributed by atoms with Crippen LogP contribution < -0.4 is 14.8 Å². The van der Waals surface area contributed by atoms with E-state index >= 15 is 0 Å². The average molecular weight is 267 g/mol. The zero-order valence-electron chi connectivity index (χ0n) is 12.1. The Morgan fingerprint density at radius 2 is 1.68 bits per heavy atom. The van der Waals surface area contributed by atoms with Crippen LogP contribution in [0.3, 0.4) is 0 Å². The Morgan fingerprint density at radius 1 is 1.11 bits per heavy atom. The largest absolute Gasteiger partial charge is 0.497 e. The van der Waals surface area contributed by atoms with Crippen molar-refractivity contribution in [1.82, 2.24) is 5.32 Å². The van der Waals surface area contributed by atoms with Crippen molar-refractivity contribution in [2.24, 2.45) is 0 Å². The third-order valence-corrected chi connectivity index (χ3v) is 3.38. The maximum absolute atomic E-state index is 10.1. The van der Waals surface area contributed by atoms with Gasteiger partial charge in [-0.15, -0.1) is 0 Å². The molecule has 0 aliphatic rings. The van der Waals surface area contributed by atoms with E-state index in [2.05, 4.69) is 5.32 Å². The molecule has 0 bridgehead atoms. The van der Waals surface area contributed by atoms with Crippen LogP contribution in [0.1, 0.15) is 26.7 Å². The number of rotatable bonds is 9. The Balaban J connectivity index is 2.20. The summed E-state index contributed by atoms with van der Waals surface area (Å²) in [6.07, 6.45) is 1.52. The van der Waals surface area contributed by atoms with Crippen molar-refractivity contribution in [2.45, 2.75) is 32.3 Å². The second-order valence-electron chi connectivity index (χ2n) is 4.63. The van der Waals surface area contributed by atoms with E-state index in [1.807, 2.05) is 38.1 Å². The first kappa shape index (κ1) is 15.8. The van der Waals surface area contributed by atoms with E-state index in [0.29, 0.717) is 19.7 Å². The lowest BCUT2D eigenvalue weighted by molar-refractivity contribution is 0.0320. The molecular formula is C15H25NO3. The Morgan fingerprint density at radius 3 is 2.21 bits per heavy atom. The van der Waals surface area contributed by atoms with Crippen LogP contribution in [-0.2, 0) is 0 Å². The summed E-state index contributed by atoms with van der Waals surface area (Å²) in [7, 11) is 1.64. The normalized spacial score (nSPS) is 11.4. The van der Waals surface area contributed by atoms with Crippen molar-refractivity contribution in [1.29, 1.82) is 0 Å². The van der Waals surface area contributed by atoms with Crippen LogP contribution in [0.25, 0.3) is 0 Å². The van der Waals surface area contributed by atoms with Crippen molar-refractivity contribution < 1.29 is 14.6 Å². The second kappa shape index (κ2) is 8.02. The van der Waals surface area contributed by atoms with E-state index in [4.69, 9.17) is 9.47 Å². The molecule has 2 N–H and O–H groups in total. The van der Waals surface area contributed by atoms with Crippen LogP contribution in [0, 0.1) is 0 Å². The van der Waals surface area contributed by atoms with Gasteiger partial charge in [-0.25, -0.2) is 0 Å². The van der Waals surface area contributed by atoms with Gasteiger partial charge < -0.3 is 19.9 Å². The van der Waals surface area contributed by atoms with Crippen molar-refractivity contribution in [2.75, 3.05) is 26.8 Å². The zero-order valence-corrected chi connectivity index (χ0v) is 12.1. The van der Waals surface area contributed by atoms with Crippen molar-refractivity contribution >= 4 is 0 Å². The SMILES string of the molecule is CCC(O)(CC)CNCCOc1ccc(OC)cc1. The molecule has 0 aliphatic carbocycles. The maximum Gasteiger partial charge on any atom is 0.119 e. The number of aliphatic hydroxyl groups is 1. The summed E-state index contributed by atoms with van der Waals surface area (Å²) in [4.78, 5) is 0. The molecule has 0 radical (unpaired) electrons. The van der Waals surface area contributed by atoms with Crippen LogP contribution in [-0.4, -0.2) is 37.5 Å². The highest BCUT2D eigenvalue weighted by atomic mass is 16.5. The standard InChI is InChI=1S/C15H25NO3/c1-4-15(17,5-2)12-16-10-11-19-14-8-6-13(18-3)7-9-14/h6-9,16-17H,4-5,10-12H2,1-3H3. The minimum absolute atomic E-state index is 0.579. The summed E-state index contributed by atoms with van der Waals surface area (Å²) >= 11 is 0. The first-order valence-corrected chi connectivity index (χ1v) is 6.83. The van der Waals surface area contributed by atoms with Crippen LogP contribution >= 0.6 is 0 Å². The summed E-state index contributed by atoms with van der Waals surface area (Å²) in [5.74, 6) is 1.64. The summed E-state index contributed by atoms with van der Waals surface area (Å²) in [5.41, 5.74) is -0.597. The minimum Gasteiger partial charge on any atom is -0.497 e. The number of hydrogen-bond donors (Lipinski definition) is 2. The zero-order chi connectivity index (χ0) is 14.1. The first-order valence-electron chi connectivity index (χ1n) is 6.83. The van der Waals surface area contributed by atoms with E-state index in [0.717, 1.165) is 24.3 Å². The molecule has 4 nitrogen and oxygen atoms in total. The molecule has 1 aromatic rings. The van der Waals surface area contributed by atoms with Crippen LogP contribution in [0.5, 0.6) is 11.5 Å². The lowest BCUT2D eigenvalue weighted by atomic mass is 9.98. The molecular weight excluding hydrogens is 242 g/mol. The molecule has 0 atom stereocenters. The van der Waals surface area contributed by atoms with E-state index in [1.165, 1.54) is 0 Å². The molecule has 0 unspecified atom stereocenters. The van der Waals surface area contributed by atoms with Gasteiger partial charge in [0.1, 0.15) is 18.1 Å². The van der Waals surface area contributed by atoms with Gasteiger partial charge in [-0.2, -0.15) is 0 Å². The predicted molar refractivity (Wildman–Crippen MR) is 76.9 cm³/mol. The van der Waals surface area contributed by atoms with E-state index in [1.54, 1.807) is 7.11 Å². The molecule has 0 heterocycles. The average Bonchev–Trinajstić information content (AvgIpc) is 2.47. The number of methoxy groups -OCH3 is 1. The fourth-order valence-corrected chi connectivity index (χ4v) is 1.73. The van der Waals surface area contributed by atoms with Crippen molar-refractivity contribution in [3.63, 3.8) is 0 Å². The lowest BCUT2D eigenvalue weighted by Gasteiger charge is -2.25. The highest BCUT2D eigenvalue weighted by molar-refractivity contribution is 5.31. The Labute approximate surface area is 115 Å². The van der Waals surface area contributed by atoms with Crippen molar-refractivity contribution in [3.05, 3.63) is 24.3 Å². The summed E-state index contributed by atoms with van der Waals surface area (Å²) in [5, 5.41) is 13.3. The Bertz CT molecular complexity index is 347. The second-order valence-corrected chi connectivity index (χ2v) is 4.63. The van der Waals surface area contributed by atoms with E-state index in [-0.39, 0.29) is 0 Å². The van der Waals surface area contributed by atoms with Gasteiger partial charge in [-0.05, 0) is 37.1 Å². The van der Waals surface area contributed by atoms with Gasteiger partial charge in [0.25, 0.3) is 0 Å². The van der Waals surface area contributed by atoms with E-state index < -0.39 is 5.60 Å². The van der Waals surface area contributed by atoms with Gasteiger partial charge in [0, 0.05) is 13.1 Å². The molecule has 108 valence electrons. The maximum atomic E-state index is 10.1. The minimum atomic E-state index is -0.597. The smallest absolute Gasteiger partial charge is 0.119 e. The molecule has 0 fully saturated rings. The Hall–Kier alpha value is -1.26. The van der Waals surface area contributed by atoms with Gasteiger partial charge in [-0.1, -0.05) is 13.8 Å². The highest BCUT2D eigenvalue weighted by Crippen LogP contribution is 2.16. The third kappa shape index (κ3) is 5.49. The molecule has 0 aliphatic heterocycles. The van der Waals surface area contributed by atoms with Crippen LogP contribution in [0.4, 0.5) is 0 Å². The highest BCUT2D eigenvalue weighted by Gasteiger charge is 2.20. The number of hydrogen-bond acceptors (Lipinski definition) is 4. The molecule has 0 spiro atoms. The van der Waals surface area contributed by atoms with E-state index in [9.17, 15) is 5.11 Å². The topological polar surface area (TPSA) is 50.7 Å². The molecule has 0 saturated carbocycles. The fourth-order valence-electron chi connectivity index (χ4n) is 1.73. The summed E-state index contributed by atoms with van der Waals surface area (Å²) in [6, 6.07) is 7.51. The first-order chi connectivity index (χ1) is 9.13. The van der Waals surface area contributed by atoms with Gasteiger partial charge in [0.2, 0.25) is 0 Å². The quantitative estimate of drug-likeness (QED) is 0.674. The summed E-state index contributed by atoms with van der Waals surface area (Å²) < 4.78 is 10.7. The molecule has 0 aromatic heterocycles.